The van der Waals surface area contributed by atoms with Gasteiger partial charge in [-0.3, -0.25) is 4.84 Å². The maximum Gasteiger partial charge on any atom is 0.151 e. The third-order valence-electron chi connectivity index (χ3n) is 2.35. The summed E-state index contributed by atoms with van der Waals surface area (Å²) in [4.78, 5) is 5.13. The number of hydrogen-bond donors (Lipinski definition) is 3. The van der Waals surface area contributed by atoms with E-state index in [9.17, 15) is 5.21 Å². The van der Waals surface area contributed by atoms with Crippen LogP contribution in [0.3, 0.4) is 0 Å². The second kappa shape index (κ2) is 6.85. The molecule has 5 heteroatoms. The van der Waals surface area contributed by atoms with Crippen LogP contribution in [-0.2, 0) is 11.4 Å². The molecule has 5 nitrogen and oxygen atoms in total. The maximum absolute atomic E-state index is 11.6. The molecule has 0 aliphatic heterocycles. The van der Waals surface area contributed by atoms with Crippen molar-refractivity contribution in [1.29, 1.82) is 0 Å². The van der Waals surface area contributed by atoms with E-state index in [0.717, 1.165) is 5.56 Å². The molecular formula is C13H15N3O2. The lowest BCUT2D eigenvalue weighted by molar-refractivity contribution is -0.841. The lowest BCUT2D eigenvalue weighted by Gasteiger charge is -2.21. The van der Waals surface area contributed by atoms with Crippen LogP contribution in [0.5, 0.6) is 0 Å². The highest BCUT2D eigenvalue weighted by Gasteiger charge is 1.99. The van der Waals surface area contributed by atoms with Crippen LogP contribution in [-0.4, -0.2) is 0 Å². The Hall–Kier alpha value is -1.76. The van der Waals surface area contributed by atoms with E-state index in [1.165, 1.54) is 0 Å². The van der Waals surface area contributed by atoms with E-state index in [-0.39, 0.29) is 5.17 Å². The molecule has 0 bridgehead atoms. The van der Waals surface area contributed by atoms with Gasteiger partial charge in [-0.2, -0.15) is 0 Å². The highest BCUT2D eigenvalue weighted by molar-refractivity contribution is 5.27. The van der Waals surface area contributed by atoms with Crippen molar-refractivity contribution in [3.05, 3.63) is 71.4 Å². The van der Waals surface area contributed by atoms with Gasteiger partial charge in [0.2, 0.25) is 0 Å². The van der Waals surface area contributed by atoms with Gasteiger partial charge in [0.05, 0.1) is 6.61 Å². The van der Waals surface area contributed by atoms with Crippen LogP contribution >= 0.6 is 0 Å². The highest BCUT2D eigenvalue weighted by Crippen LogP contribution is 1.98. The van der Waals surface area contributed by atoms with Gasteiger partial charge in [0, 0.05) is 12.1 Å². The Morgan fingerprint density at radius 2 is 1.56 bits per heavy atom. The van der Waals surface area contributed by atoms with Crippen LogP contribution in [0.4, 0.5) is 5.69 Å². The Kier molecular flexibility index (Phi) is 4.83. The molecule has 0 saturated carbocycles. The van der Waals surface area contributed by atoms with E-state index in [1.807, 2.05) is 36.4 Å². The van der Waals surface area contributed by atoms with Crippen LogP contribution < -0.4 is 16.3 Å². The molecule has 2 rings (SSSR count). The first kappa shape index (κ1) is 12.7. The minimum absolute atomic E-state index is 0.233. The largest absolute Gasteiger partial charge is 0.607 e. The van der Waals surface area contributed by atoms with Crippen LogP contribution in [0.15, 0.2) is 60.7 Å². The zero-order valence-corrected chi connectivity index (χ0v) is 9.80. The molecule has 0 aromatic heterocycles. The Balaban J connectivity index is 1.70. The normalized spacial score (nSPS) is 12.3. The van der Waals surface area contributed by atoms with Crippen LogP contribution in [0.25, 0.3) is 0 Å². The van der Waals surface area contributed by atoms with E-state index in [1.54, 1.807) is 24.3 Å². The molecule has 0 fully saturated rings. The van der Waals surface area contributed by atoms with Crippen molar-refractivity contribution in [2.24, 2.45) is 0 Å². The number of benzene rings is 2. The van der Waals surface area contributed by atoms with Crippen molar-refractivity contribution >= 4 is 5.69 Å². The first-order valence-corrected chi connectivity index (χ1v) is 5.62. The summed E-state index contributed by atoms with van der Waals surface area (Å²) in [6, 6.07) is 18.6. The summed E-state index contributed by atoms with van der Waals surface area (Å²) in [5.41, 5.74) is 6.49. The van der Waals surface area contributed by atoms with Crippen molar-refractivity contribution < 1.29 is 10.0 Å². The third kappa shape index (κ3) is 3.92. The summed E-state index contributed by atoms with van der Waals surface area (Å²) in [6.07, 6.45) is 0. The van der Waals surface area contributed by atoms with E-state index >= 15 is 0 Å². The molecule has 0 radical (unpaired) electrons. The molecule has 0 heterocycles. The molecule has 0 spiro atoms. The van der Waals surface area contributed by atoms with Gasteiger partial charge in [-0.05, 0) is 5.56 Å². The van der Waals surface area contributed by atoms with Gasteiger partial charge < -0.3 is 5.21 Å². The molecule has 1 unspecified atom stereocenters. The van der Waals surface area contributed by atoms with Gasteiger partial charge in [0.25, 0.3) is 0 Å². The van der Waals surface area contributed by atoms with E-state index in [4.69, 9.17) is 4.84 Å². The zero-order chi connectivity index (χ0) is 12.6. The predicted octanol–water partition coefficient (Wildman–Crippen LogP) is 0.842. The third-order valence-corrected chi connectivity index (χ3v) is 2.35. The molecule has 0 amide bonds. The van der Waals surface area contributed by atoms with Crippen molar-refractivity contribution in [1.82, 2.24) is 11.1 Å². The molecule has 0 aliphatic carbocycles. The smallest absolute Gasteiger partial charge is 0.151 e. The quantitative estimate of drug-likeness (QED) is 0.521. The van der Waals surface area contributed by atoms with Crippen LogP contribution in [0, 0.1) is 5.21 Å². The fourth-order valence-corrected chi connectivity index (χ4v) is 1.44. The molecule has 1 atom stereocenters. The number of hydrogen-bond acceptors (Lipinski definition) is 4. The van der Waals surface area contributed by atoms with Crippen molar-refractivity contribution in [3.8, 4) is 0 Å². The Morgan fingerprint density at radius 3 is 2.22 bits per heavy atom. The molecule has 3 N–H and O–H groups in total. The molecular weight excluding hydrogens is 230 g/mol. The number of nitrogens with one attached hydrogen (secondary N) is 3. The molecule has 0 saturated heterocycles. The van der Waals surface area contributed by atoms with Crippen LogP contribution in [0.1, 0.15) is 5.56 Å². The fraction of sp³-hybridized carbons (Fsp3) is 0.0769. The van der Waals surface area contributed by atoms with Crippen LogP contribution in [0.2, 0.25) is 0 Å². The summed E-state index contributed by atoms with van der Waals surface area (Å²) in [6.45, 7) is 0.385. The molecule has 2 aromatic rings. The van der Waals surface area contributed by atoms with Gasteiger partial charge in [0.15, 0.2) is 5.69 Å². The minimum atomic E-state index is -0.233. The second-order valence-electron chi connectivity index (χ2n) is 3.70. The topological polar surface area (TPSA) is 60.8 Å². The SMILES string of the molecule is [O-][NH+](NNOCc1ccccc1)c1ccccc1. The Morgan fingerprint density at radius 1 is 0.944 bits per heavy atom. The minimum Gasteiger partial charge on any atom is -0.607 e. The zero-order valence-electron chi connectivity index (χ0n) is 9.80. The fourth-order valence-electron chi connectivity index (χ4n) is 1.44. The van der Waals surface area contributed by atoms with Gasteiger partial charge in [-0.1, -0.05) is 59.7 Å². The first-order chi connectivity index (χ1) is 8.86. The average molecular weight is 245 g/mol. The standard InChI is InChI=1S/C13H15N3O2/c17-16(13-9-5-2-6-10-13)14-15-18-11-12-7-3-1-4-8-12/h1-10,14-16H,11H2. The predicted molar refractivity (Wildman–Crippen MR) is 67.9 cm³/mol. The van der Waals surface area contributed by atoms with Gasteiger partial charge in [-0.25, -0.2) is 5.17 Å². The summed E-state index contributed by atoms with van der Waals surface area (Å²) < 4.78 is 0. The Bertz CT molecular complexity index is 450. The number of rotatable bonds is 6. The van der Waals surface area contributed by atoms with Crippen molar-refractivity contribution in [2.75, 3.05) is 0 Å². The summed E-state index contributed by atoms with van der Waals surface area (Å²) in [5, 5.41) is 11.4. The average Bonchev–Trinajstić information content (AvgIpc) is 2.45. The molecule has 94 valence electrons. The van der Waals surface area contributed by atoms with Gasteiger partial charge in [-0.15, -0.1) is 0 Å². The summed E-state index contributed by atoms with van der Waals surface area (Å²) >= 11 is 0. The lowest BCUT2D eigenvalue weighted by atomic mass is 10.2. The molecule has 18 heavy (non-hydrogen) atoms. The van der Waals surface area contributed by atoms with Gasteiger partial charge in [0.1, 0.15) is 0 Å². The van der Waals surface area contributed by atoms with E-state index in [0.29, 0.717) is 12.3 Å². The number of hydrazine groups is 1. The highest BCUT2D eigenvalue weighted by atomic mass is 16.7. The number of para-hydroxylation sites is 1. The summed E-state index contributed by atoms with van der Waals surface area (Å²) in [7, 11) is 0. The van der Waals surface area contributed by atoms with E-state index < -0.39 is 0 Å². The first-order valence-electron chi connectivity index (χ1n) is 5.62. The Labute approximate surface area is 105 Å². The monoisotopic (exact) mass is 245 g/mol. The molecule has 0 aliphatic rings. The lowest BCUT2D eigenvalue weighted by Crippen LogP contribution is -3.11. The number of quaternary nitrogens is 1. The maximum atomic E-state index is 11.6. The van der Waals surface area contributed by atoms with Crippen molar-refractivity contribution in [2.45, 2.75) is 6.61 Å². The molecule has 2 aromatic carbocycles. The van der Waals surface area contributed by atoms with E-state index in [2.05, 4.69) is 11.1 Å². The second-order valence-corrected chi connectivity index (χ2v) is 3.70. The summed E-state index contributed by atoms with van der Waals surface area (Å²) in [5.74, 6) is 0. The van der Waals surface area contributed by atoms with Crippen molar-refractivity contribution in [3.63, 3.8) is 0 Å². The van der Waals surface area contributed by atoms with Gasteiger partial charge >= 0.3 is 0 Å².